The van der Waals surface area contributed by atoms with Gasteiger partial charge in [-0.05, 0) is 63.3 Å². The van der Waals surface area contributed by atoms with Gasteiger partial charge in [0.2, 0.25) is 0 Å². The first kappa shape index (κ1) is 18.9. The van der Waals surface area contributed by atoms with Crippen LogP contribution in [0.2, 0.25) is 0 Å². The summed E-state index contributed by atoms with van der Waals surface area (Å²) in [5.41, 5.74) is 2.85. The van der Waals surface area contributed by atoms with Crippen molar-refractivity contribution in [3.63, 3.8) is 0 Å². The third-order valence-electron chi connectivity index (χ3n) is 3.86. The van der Waals surface area contributed by atoms with Gasteiger partial charge in [-0.2, -0.15) is 0 Å². The molecule has 124 valence electrons. The minimum Gasteiger partial charge on any atom is -0.493 e. The lowest BCUT2D eigenvalue weighted by molar-refractivity contribution is 0.310. The van der Waals surface area contributed by atoms with Crippen LogP contribution in [0.5, 0.6) is 11.5 Å². The van der Waals surface area contributed by atoms with Crippen LogP contribution in [0.25, 0.3) is 0 Å². The van der Waals surface area contributed by atoms with E-state index in [0.29, 0.717) is 6.61 Å². The maximum atomic E-state index is 5.53. The van der Waals surface area contributed by atoms with Crippen LogP contribution in [-0.2, 0) is 6.54 Å². The molecule has 22 heavy (non-hydrogen) atoms. The molecule has 4 heteroatoms. The van der Waals surface area contributed by atoms with E-state index in [0.717, 1.165) is 24.6 Å². The number of halogens is 1. The lowest BCUT2D eigenvalue weighted by atomic mass is 9.97. The highest BCUT2D eigenvalue weighted by atomic mass is 35.5. The lowest BCUT2D eigenvalue weighted by Crippen LogP contribution is -2.15. The molecule has 0 spiro atoms. The van der Waals surface area contributed by atoms with E-state index in [2.05, 4.69) is 23.5 Å². The topological polar surface area (TPSA) is 30.5 Å². The Morgan fingerprint density at radius 2 is 2.05 bits per heavy atom. The number of methoxy groups -OCH3 is 1. The van der Waals surface area contributed by atoms with Crippen molar-refractivity contribution in [2.45, 2.75) is 45.6 Å². The predicted molar refractivity (Wildman–Crippen MR) is 94.3 cm³/mol. The van der Waals surface area contributed by atoms with E-state index in [1.165, 1.54) is 37.7 Å². The van der Waals surface area contributed by atoms with Crippen molar-refractivity contribution < 1.29 is 9.47 Å². The van der Waals surface area contributed by atoms with Crippen molar-refractivity contribution in [2.75, 3.05) is 20.3 Å². The average Bonchev–Trinajstić information content (AvgIpc) is 2.54. The fraction of sp³-hybridized carbons (Fsp3) is 0.556. The molecular weight excluding hydrogens is 298 g/mol. The molecule has 2 rings (SSSR count). The third-order valence-corrected chi connectivity index (χ3v) is 3.86. The molecular formula is C18H28ClNO2. The van der Waals surface area contributed by atoms with E-state index < -0.39 is 0 Å². The van der Waals surface area contributed by atoms with Gasteiger partial charge >= 0.3 is 0 Å². The second-order valence-electron chi connectivity index (χ2n) is 5.45. The van der Waals surface area contributed by atoms with Crippen LogP contribution in [0.15, 0.2) is 29.8 Å². The second-order valence-corrected chi connectivity index (χ2v) is 5.45. The highest BCUT2D eigenvalue weighted by Crippen LogP contribution is 2.28. The number of rotatable bonds is 8. The summed E-state index contributed by atoms with van der Waals surface area (Å²) >= 11 is 0. The van der Waals surface area contributed by atoms with Crippen LogP contribution in [0.3, 0.4) is 0 Å². The quantitative estimate of drug-likeness (QED) is 0.564. The van der Waals surface area contributed by atoms with Gasteiger partial charge in [0.25, 0.3) is 0 Å². The number of hydrogen-bond donors (Lipinski definition) is 1. The molecule has 1 aliphatic carbocycles. The van der Waals surface area contributed by atoms with Gasteiger partial charge < -0.3 is 14.8 Å². The minimum atomic E-state index is 0. The number of nitrogens with one attached hydrogen (secondary N) is 1. The first-order valence-corrected chi connectivity index (χ1v) is 8.02. The first-order valence-electron chi connectivity index (χ1n) is 8.02. The molecule has 0 fully saturated rings. The predicted octanol–water partition coefficient (Wildman–Crippen LogP) is 4.50. The summed E-state index contributed by atoms with van der Waals surface area (Å²) in [6.07, 6.45) is 8.88. The average molecular weight is 326 g/mol. The van der Waals surface area contributed by atoms with E-state index >= 15 is 0 Å². The summed E-state index contributed by atoms with van der Waals surface area (Å²) in [5.74, 6) is 1.63. The second kappa shape index (κ2) is 10.5. The van der Waals surface area contributed by atoms with Crippen LogP contribution in [0.4, 0.5) is 0 Å². The Morgan fingerprint density at radius 3 is 2.73 bits per heavy atom. The summed E-state index contributed by atoms with van der Waals surface area (Å²) in [6, 6.07) is 6.14. The SMILES string of the molecule is CCOc1ccc(CNCCC2=CCCCC2)cc1OC.Cl. The fourth-order valence-corrected chi connectivity index (χ4v) is 2.71. The number of benzene rings is 1. The van der Waals surface area contributed by atoms with Gasteiger partial charge in [0.15, 0.2) is 11.5 Å². The molecule has 0 atom stereocenters. The van der Waals surface area contributed by atoms with Crippen LogP contribution < -0.4 is 14.8 Å². The van der Waals surface area contributed by atoms with Gasteiger partial charge in [-0.25, -0.2) is 0 Å². The van der Waals surface area contributed by atoms with Gasteiger partial charge in [-0.1, -0.05) is 17.7 Å². The van der Waals surface area contributed by atoms with E-state index in [9.17, 15) is 0 Å². The zero-order chi connectivity index (χ0) is 14.9. The summed E-state index contributed by atoms with van der Waals surface area (Å²) in [4.78, 5) is 0. The summed E-state index contributed by atoms with van der Waals surface area (Å²) in [5, 5.41) is 3.51. The van der Waals surface area contributed by atoms with E-state index in [-0.39, 0.29) is 12.4 Å². The van der Waals surface area contributed by atoms with Crippen molar-refractivity contribution in [1.82, 2.24) is 5.32 Å². The number of hydrogen-bond acceptors (Lipinski definition) is 3. The van der Waals surface area contributed by atoms with Gasteiger partial charge in [-0.15, -0.1) is 12.4 Å². The number of allylic oxidation sites excluding steroid dienone is 1. The molecule has 3 nitrogen and oxygen atoms in total. The molecule has 0 amide bonds. The Balaban J connectivity index is 0.00000242. The molecule has 1 N–H and O–H groups in total. The van der Waals surface area contributed by atoms with Crippen LogP contribution in [0, 0.1) is 0 Å². The van der Waals surface area contributed by atoms with Gasteiger partial charge in [-0.3, -0.25) is 0 Å². The van der Waals surface area contributed by atoms with Crippen LogP contribution in [0.1, 0.15) is 44.6 Å². The monoisotopic (exact) mass is 325 g/mol. The highest BCUT2D eigenvalue weighted by molar-refractivity contribution is 5.85. The van der Waals surface area contributed by atoms with Crippen LogP contribution in [-0.4, -0.2) is 20.3 Å². The Hall–Kier alpha value is -1.19. The zero-order valence-corrected chi connectivity index (χ0v) is 14.5. The van der Waals surface area contributed by atoms with E-state index in [1.54, 1.807) is 12.7 Å². The Kier molecular flexibility index (Phi) is 9.02. The normalized spacial score (nSPS) is 14.0. The lowest BCUT2D eigenvalue weighted by Gasteiger charge is -2.14. The Morgan fingerprint density at radius 1 is 1.18 bits per heavy atom. The molecule has 0 unspecified atom stereocenters. The minimum absolute atomic E-state index is 0. The van der Waals surface area contributed by atoms with Crippen molar-refractivity contribution in [2.24, 2.45) is 0 Å². The summed E-state index contributed by atoms with van der Waals surface area (Å²) < 4.78 is 10.9. The maximum absolute atomic E-state index is 5.53. The van der Waals surface area contributed by atoms with Crippen molar-refractivity contribution >= 4 is 12.4 Å². The standard InChI is InChI=1S/C18H27NO2.ClH/c1-3-21-17-10-9-16(13-18(17)20-2)14-19-12-11-15-7-5-4-6-8-15;/h7,9-10,13,19H,3-6,8,11-12,14H2,1-2H3;1H. The first-order chi connectivity index (χ1) is 10.3. The van der Waals surface area contributed by atoms with Crippen molar-refractivity contribution in [3.8, 4) is 11.5 Å². The van der Waals surface area contributed by atoms with Crippen LogP contribution >= 0.6 is 12.4 Å². The third kappa shape index (κ3) is 5.90. The fourth-order valence-electron chi connectivity index (χ4n) is 2.71. The Bertz CT molecular complexity index is 474. The van der Waals surface area contributed by atoms with Gasteiger partial charge in [0.05, 0.1) is 13.7 Å². The smallest absolute Gasteiger partial charge is 0.161 e. The van der Waals surface area contributed by atoms with Gasteiger partial charge in [0.1, 0.15) is 0 Å². The Labute approximate surface area is 140 Å². The van der Waals surface area contributed by atoms with Gasteiger partial charge in [0, 0.05) is 6.54 Å². The molecule has 1 aromatic carbocycles. The molecule has 0 bridgehead atoms. The summed E-state index contributed by atoms with van der Waals surface area (Å²) in [6.45, 7) is 4.55. The molecule has 0 saturated carbocycles. The molecule has 0 radical (unpaired) electrons. The summed E-state index contributed by atoms with van der Waals surface area (Å²) in [7, 11) is 1.69. The van der Waals surface area contributed by atoms with E-state index in [1.807, 2.05) is 13.0 Å². The molecule has 1 aliphatic rings. The molecule has 1 aromatic rings. The molecule has 0 aromatic heterocycles. The van der Waals surface area contributed by atoms with Crippen molar-refractivity contribution in [1.29, 1.82) is 0 Å². The largest absolute Gasteiger partial charge is 0.493 e. The molecule has 0 heterocycles. The molecule has 0 saturated heterocycles. The van der Waals surface area contributed by atoms with E-state index in [4.69, 9.17) is 9.47 Å². The highest BCUT2D eigenvalue weighted by Gasteiger charge is 2.06. The zero-order valence-electron chi connectivity index (χ0n) is 13.7. The molecule has 0 aliphatic heterocycles. The number of ether oxygens (including phenoxy) is 2. The van der Waals surface area contributed by atoms with Crippen molar-refractivity contribution in [3.05, 3.63) is 35.4 Å². The maximum Gasteiger partial charge on any atom is 0.161 e.